The highest BCUT2D eigenvalue weighted by molar-refractivity contribution is 5.70. The fraction of sp³-hybridized carbons (Fsp3) is 0.640. The van der Waals surface area contributed by atoms with E-state index < -0.39 is 6.10 Å². The van der Waals surface area contributed by atoms with Crippen molar-refractivity contribution in [2.24, 2.45) is 0 Å². The van der Waals surface area contributed by atoms with E-state index >= 15 is 0 Å². The number of unbranched alkanes of at least 4 members (excludes halogenated alkanes) is 15. The van der Waals surface area contributed by atoms with Crippen molar-refractivity contribution in [2.45, 2.75) is 193 Å². The lowest BCUT2D eigenvalue weighted by Gasteiger charge is -2.15. The highest BCUT2D eigenvalue weighted by Gasteiger charge is 2.16. The molecule has 5 nitrogen and oxygen atoms in total. The second kappa shape index (κ2) is 45.2. The zero-order chi connectivity index (χ0) is 40.0. The van der Waals surface area contributed by atoms with Crippen LogP contribution in [0.1, 0.15) is 187 Å². The zero-order valence-electron chi connectivity index (χ0n) is 35.4. The third kappa shape index (κ3) is 43.4. The molecule has 0 rings (SSSR count). The number of rotatable bonds is 39. The lowest BCUT2D eigenvalue weighted by molar-refractivity contribution is -0.161. The van der Waals surface area contributed by atoms with Gasteiger partial charge in [0.25, 0.3) is 0 Å². The second-order valence-corrected chi connectivity index (χ2v) is 14.4. The highest BCUT2D eigenvalue weighted by atomic mass is 16.6. The molecule has 0 aliphatic carbocycles. The van der Waals surface area contributed by atoms with Gasteiger partial charge in [-0.1, -0.05) is 175 Å². The van der Waals surface area contributed by atoms with Crippen LogP contribution in [0.4, 0.5) is 0 Å². The van der Waals surface area contributed by atoms with E-state index in [2.05, 4.69) is 111 Å². The number of ether oxygens (including phenoxy) is 2. The number of allylic oxidation sites excluding steroid dienone is 16. The van der Waals surface area contributed by atoms with E-state index in [1.807, 2.05) is 0 Å². The van der Waals surface area contributed by atoms with E-state index in [1.54, 1.807) is 0 Å². The summed E-state index contributed by atoms with van der Waals surface area (Å²) in [5.41, 5.74) is 0. The van der Waals surface area contributed by atoms with Gasteiger partial charge in [-0.15, -0.1) is 0 Å². The Bertz CT molecular complexity index is 1090. The summed E-state index contributed by atoms with van der Waals surface area (Å²) in [6.07, 6.45) is 63.3. The van der Waals surface area contributed by atoms with E-state index in [0.717, 1.165) is 103 Å². The van der Waals surface area contributed by atoms with E-state index in [4.69, 9.17) is 9.47 Å². The van der Waals surface area contributed by atoms with Gasteiger partial charge in [0, 0.05) is 12.8 Å². The van der Waals surface area contributed by atoms with Crippen molar-refractivity contribution in [1.29, 1.82) is 0 Å². The maximum atomic E-state index is 12.2. The monoisotopic (exact) mass is 763 g/mol. The number of esters is 2. The van der Waals surface area contributed by atoms with E-state index in [-0.39, 0.29) is 25.2 Å². The Balaban J connectivity index is 3.66. The number of carbonyl (C=O) groups is 2. The molecule has 0 saturated heterocycles. The Morgan fingerprint density at radius 2 is 0.782 bits per heavy atom. The molecule has 0 saturated carbocycles. The highest BCUT2D eigenvalue weighted by Crippen LogP contribution is 2.12. The predicted octanol–water partition coefficient (Wildman–Crippen LogP) is 14.5. The topological polar surface area (TPSA) is 72.8 Å². The van der Waals surface area contributed by atoms with Gasteiger partial charge in [-0.05, 0) is 96.3 Å². The molecule has 0 fully saturated rings. The van der Waals surface area contributed by atoms with Gasteiger partial charge in [0.2, 0.25) is 0 Å². The molecular formula is C50H82O5. The van der Waals surface area contributed by atoms with Crippen molar-refractivity contribution >= 4 is 11.9 Å². The van der Waals surface area contributed by atoms with Gasteiger partial charge in [0.05, 0.1) is 6.61 Å². The van der Waals surface area contributed by atoms with Gasteiger partial charge in [-0.3, -0.25) is 9.59 Å². The number of hydrogen-bond donors (Lipinski definition) is 1. The molecule has 0 bridgehead atoms. The lowest BCUT2D eigenvalue weighted by Crippen LogP contribution is -2.28. The number of hydrogen-bond acceptors (Lipinski definition) is 5. The predicted molar refractivity (Wildman–Crippen MR) is 237 cm³/mol. The van der Waals surface area contributed by atoms with Crippen LogP contribution in [0.3, 0.4) is 0 Å². The van der Waals surface area contributed by atoms with Crippen LogP contribution in [0.25, 0.3) is 0 Å². The molecule has 0 aliphatic rings. The summed E-state index contributed by atoms with van der Waals surface area (Å²) in [7, 11) is 0. The van der Waals surface area contributed by atoms with Crippen LogP contribution in [-0.4, -0.2) is 36.4 Å². The fourth-order valence-corrected chi connectivity index (χ4v) is 5.76. The molecule has 0 radical (unpaired) electrons. The molecule has 5 heteroatoms. The minimum Gasteiger partial charge on any atom is -0.462 e. The second-order valence-electron chi connectivity index (χ2n) is 14.4. The molecule has 0 aromatic heterocycles. The van der Waals surface area contributed by atoms with Gasteiger partial charge in [0.15, 0.2) is 6.10 Å². The third-order valence-corrected chi connectivity index (χ3v) is 9.11. The summed E-state index contributed by atoms with van der Waals surface area (Å²) < 4.78 is 10.6. The summed E-state index contributed by atoms with van der Waals surface area (Å²) in [5, 5.41) is 9.59. The fourth-order valence-electron chi connectivity index (χ4n) is 5.76. The summed E-state index contributed by atoms with van der Waals surface area (Å²) in [4.78, 5) is 24.4. The molecule has 0 aromatic carbocycles. The molecular weight excluding hydrogens is 681 g/mol. The molecule has 0 amide bonds. The van der Waals surface area contributed by atoms with E-state index in [0.29, 0.717) is 12.8 Å². The summed E-state index contributed by atoms with van der Waals surface area (Å²) in [5.74, 6) is -0.636. The summed E-state index contributed by atoms with van der Waals surface area (Å²) >= 11 is 0. The molecule has 0 heterocycles. The summed E-state index contributed by atoms with van der Waals surface area (Å²) in [6, 6.07) is 0. The van der Waals surface area contributed by atoms with Crippen LogP contribution in [-0.2, 0) is 19.1 Å². The van der Waals surface area contributed by atoms with Gasteiger partial charge >= 0.3 is 11.9 Å². The number of aliphatic hydroxyl groups is 1. The van der Waals surface area contributed by atoms with Crippen molar-refractivity contribution in [3.8, 4) is 0 Å². The molecule has 55 heavy (non-hydrogen) atoms. The lowest BCUT2D eigenvalue weighted by atomic mass is 10.1. The first-order chi connectivity index (χ1) is 27.1. The molecule has 1 N–H and O–H groups in total. The first-order valence-corrected chi connectivity index (χ1v) is 22.3. The van der Waals surface area contributed by atoms with Crippen molar-refractivity contribution in [2.75, 3.05) is 13.2 Å². The first-order valence-electron chi connectivity index (χ1n) is 22.3. The van der Waals surface area contributed by atoms with Crippen LogP contribution in [0.2, 0.25) is 0 Å². The molecule has 0 spiro atoms. The Kier molecular flexibility index (Phi) is 42.6. The number of aliphatic hydroxyl groups excluding tert-OH is 1. The average Bonchev–Trinajstić information content (AvgIpc) is 3.19. The first kappa shape index (κ1) is 51.8. The van der Waals surface area contributed by atoms with Crippen molar-refractivity contribution in [3.05, 3.63) is 97.2 Å². The van der Waals surface area contributed by atoms with Crippen LogP contribution in [0.15, 0.2) is 97.2 Å². The van der Waals surface area contributed by atoms with Gasteiger partial charge in [0.1, 0.15) is 6.61 Å². The minimum absolute atomic E-state index is 0.0865. The van der Waals surface area contributed by atoms with E-state index in [1.165, 1.54) is 57.8 Å². The van der Waals surface area contributed by atoms with Crippen LogP contribution >= 0.6 is 0 Å². The van der Waals surface area contributed by atoms with Crippen molar-refractivity contribution in [1.82, 2.24) is 0 Å². The van der Waals surface area contributed by atoms with Crippen molar-refractivity contribution in [3.63, 3.8) is 0 Å². The molecule has 1 atom stereocenters. The maximum absolute atomic E-state index is 12.2. The molecule has 0 aromatic rings. The van der Waals surface area contributed by atoms with Crippen LogP contribution in [0.5, 0.6) is 0 Å². The van der Waals surface area contributed by atoms with Gasteiger partial charge in [-0.25, -0.2) is 0 Å². The molecule has 1 unspecified atom stereocenters. The largest absolute Gasteiger partial charge is 0.462 e. The van der Waals surface area contributed by atoms with Crippen LogP contribution < -0.4 is 0 Å². The number of carbonyl (C=O) groups excluding carboxylic acids is 2. The maximum Gasteiger partial charge on any atom is 0.306 e. The average molecular weight is 763 g/mol. The third-order valence-electron chi connectivity index (χ3n) is 9.11. The van der Waals surface area contributed by atoms with Crippen LogP contribution in [0, 0.1) is 0 Å². The van der Waals surface area contributed by atoms with Gasteiger partial charge < -0.3 is 14.6 Å². The SMILES string of the molecule is CC/C=C\C/C=C\C/C=C\C/C=C\C/C=C\C/C=C\CCCCCCC(=O)OC(CO)COC(=O)CCCCCCCCC/C=C\C/C=C\CCCCCC. The Morgan fingerprint density at radius 1 is 0.436 bits per heavy atom. The van der Waals surface area contributed by atoms with Crippen molar-refractivity contribution < 1.29 is 24.2 Å². The zero-order valence-corrected chi connectivity index (χ0v) is 35.4. The standard InChI is InChI=1S/C50H82O5/c1-3-5-7-9-11-13-15-17-19-21-23-24-25-26-27-29-31-33-35-37-39-41-43-45-50(53)55-48(46-51)47-54-49(52)44-42-40-38-36-34-32-30-28-22-20-18-16-14-12-10-8-6-4-2/h5,7,11,13-14,16-17,19-20,22-24,26-27,31,33,48,51H,3-4,6,8-10,12,15,18,21,25,28-30,32,34-47H2,1-2H3/b7-5-,13-11-,16-14-,19-17-,22-20-,24-23-,27-26-,33-31-. The Labute approximate surface area is 338 Å². The Hall–Kier alpha value is -3.18. The minimum atomic E-state index is -0.795. The molecule has 0 aliphatic heterocycles. The summed E-state index contributed by atoms with van der Waals surface area (Å²) in [6.45, 7) is 3.97. The smallest absolute Gasteiger partial charge is 0.306 e. The van der Waals surface area contributed by atoms with Gasteiger partial charge in [-0.2, -0.15) is 0 Å². The molecule has 312 valence electrons. The van der Waals surface area contributed by atoms with E-state index in [9.17, 15) is 14.7 Å². The normalized spacial score (nSPS) is 13.1. The quantitative estimate of drug-likeness (QED) is 0.0383. The Morgan fingerprint density at radius 3 is 1.18 bits per heavy atom.